The molecule has 0 bridgehead atoms. The van der Waals surface area contributed by atoms with Crippen molar-refractivity contribution in [3.8, 4) is 0 Å². The molecule has 2 rings (SSSR count). The van der Waals surface area contributed by atoms with Gasteiger partial charge in [-0.3, -0.25) is 0 Å². The van der Waals surface area contributed by atoms with E-state index >= 15 is 0 Å². The number of nitrogens with one attached hydrogen (secondary N) is 1. The Labute approximate surface area is 143 Å². The van der Waals surface area contributed by atoms with Gasteiger partial charge in [-0.05, 0) is 81.3 Å². The maximum Gasteiger partial charge on any atom is 0.416 e. The third-order valence-corrected chi connectivity index (χ3v) is 4.45. The Morgan fingerprint density at radius 3 is 2.29 bits per heavy atom. The van der Waals surface area contributed by atoms with Crippen LogP contribution in [0, 0.1) is 3.57 Å². The minimum Gasteiger partial charge on any atom is -0.378 e. The lowest BCUT2D eigenvalue weighted by molar-refractivity contribution is -0.137. The van der Waals surface area contributed by atoms with Gasteiger partial charge in [-0.25, -0.2) is 0 Å². The number of anilines is 1. The smallest absolute Gasteiger partial charge is 0.378 e. The molecule has 1 N–H and O–H groups in total. The van der Waals surface area contributed by atoms with Crippen LogP contribution < -0.4 is 5.32 Å². The fraction of sp³-hybridized carbons (Fsp3) is 0.200. The third kappa shape index (κ3) is 4.35. The van der Waals surface area contributed by atoms with Gasteiger partial charge in [0, 0.05) is 19.8 Å². The summed E-state index contributed by atoms with van der Waals surface area (Å²) in [7, 11) is 0. The first-order chi connectivity index (χ1) is 9.77. The van der Waals surface area contributed by atoms with Crippen molar-refractivity contribution in [2.45, 2.75) is 19.1 Å². The Morgan fingerprint density at radius 1 is 1.10 bits per heavy atom. The van der Waals surface area contributed by atoms with Gasteiger partial charge in [0.15, 0.2) is 0 Å². The zero-order valence-electron chi connectivity index (χ0n) is 11.0. The van der Waals surface area contributed by atoms with Gasteiger partial charge in [-0.15, -0.1) is 0 Å². The van der Waals surface area contributed by atoms with Crippen molar-refractivity contribution < 1.29 is 13.2 Å². The summed E-state index contributed by atoms with van der Waals surface area (Å²) in [5.41, 5.74) is 0.776. The summed E-state index contributed by atoms with van der Waals surface area (Å²) in [4.78, 5) is 0. The molecule has 6 heteroatoms. The van der Waals surface area contributed by atoms with E-state index in [2.05, 4.69) is 43.8 Å². The summed E-state index contributed by atoms with van der Waals surface area (Å²) in [6.07, 6.45) is -4.34. The monoisotopic (exact) mass is 469 g/mol. The van der Waals surface area contributed by atoms with E-state index in [0.717, 1.165) is 21.3 Å². The fourth-order valence-corrected chi connectivity index (χ4v) is 2.60. The average molecular weight is 470 g/mol. The van der Waals surface area contributed by atoms with E-state index in [4.69, 9.17) is 0 Å². The van der Waals surface area contributed by atoms with Crippen LogP contribution in [0.4, 0.5) is 18.9 Å². The first-order valence-electron chi connectivity index (χ1n) is 6.16. The summed E-state index contributed by atoms with van der Waals surface area (Å²) < 4.78 is 40.0. The molecule has 0 aliphatic carbocycles. The van der Waals surface area contributed by atoms with Gasteiger partial charge >= 0.3 is 6.18 Å². The van der Waals surface area contributed by atoms with Gasteiger partial charge in [-0.1, -0.05) is 12.1 Å². The largest absolute Gasteiger partial charge is 0.416 e. The molecule has 112 valence electrons. The average Bonchev–Trinajstić information content (AvgIpc) is 2.40. The highest BCUT2D eigenvalue weighted by Gasteiger charge is 2.31. The van der Waals surface area contributed by atoms with Crippen LogP contribution in [0.2, 0.25) is 0 Å². The Kier molecular flexibility index (Phi) is 5.19. The minimum atomic E-state index is -4.34. The highest BCUT2D eigenvalue weighted by atomic mass is 127. The summed E-state index contributed by atoms with van der Waals surface area (Å²) in [6.45, 7) is 1.91. The predicted octanol–water partition coefficient (Wildman–Crippen LogP) is 6.25. The first-order valence-corrected chi connectivity index (χ1v) is 8.03. The molecule has 0 amide bonds. The molecule has 21 heavy (non-hydrogen) atoms. The zero-order chi connectivity index (χ0) is 15.6. The molecule has 2 aromatic rings. The van der Waals surface area contributed by atoms with Crippen LogP contribution in [-0.2, 0) is 6.18 Å². The molecule has 0 saturated carbocycles. The highest BCUT2D eigenvalue weighted by Crippen LogP contribution is 2.35. The SMILES string of the molecule is CC(Nc1cc(C(F)(F)F)ccc1Br)c1ccc(I)cc1. The van der Waals surface area contributed by atoms with Crippen molar-refractivity contribution in [3.05, 3.63) is 61.6 Å². The molecule has 2 aromatic carbocycles. The molecule has 1 unspecified atom stereocenters. The van der Waals surface area contributed by atoms with Gasteiger partial charge in [0.2, 0.25) is 0 Å². The lowest BCUT2D eigenvalue weighted by Crippen LogP contribution is -2.10. The molecule has 0 saturated heterocycles. The normalized spacial score (nSPS) is 13.0. The Morgan fingerprint density at radius 2 is 1.71 bits per heavy atom. The molecular weight excluding hydrogens is 458 g/mol. The van der Waals surface area contributed by atoms with Crippen molar-refractivity contribution >= 4 is 44.2 Å². The number of hydrogen-bond acceptors (Lipinski definition) is 1. The van der Waals surface area contributed by atoms with Crippen LogP contribution in [0.1, 0.15) is 24.1 Å². The Balaban J connectivity index is 2.24. The minimum absolute atomic E-state index is 0.0956. The van der Waals surface area contributed by atoms with Crippen molar-refractivity contribution in [1.29, 1.82) is 0 Å². The van der Waals surface area contributed by atoms with Crippen molar-refractivity contribution in [2.75, 3.05) is 5.32 Å². The topological polar surface area (TPSA) is 12.0 Å². The second kappa shape index (κ2) is 6.56. The summed E-state index contributed by atoms with van der Waals surface area (Å²) in [5.74, 6) is 0. The van der Waals surface area contributed by atoms with E-state index < -0.39 is 11.7 Å². The molecule has 0 aromatic heterocycles. The summed E-state index contributed by atoms with van der Waals surface area (Å²) in [5, 5.41) is 3.11. The quantitative estimate of drug-likeness (QED) is 0.524. The number of rotatable bonds is 3. The van der Waals surface area contributed by atoms with E-state index in [0.29, 0.717) is 10.2 Å². The van der Waals surface area contributed by atoms with Gasteiger partial charge < -0.3 is 5.32 Å². The molecule has 1 nitrogen and oxygen atoms in total. The third-order valence-electron chi connectivity index (χ3n) is 3.04. The summed E-state index contributed by atoms with van der Waals surface area (Å²) in [6, 6.07) is 11.3. The van der Waals surface area contributed by atoms with Gasteiger partial charge in [0.05, 0.1) is 5.56 Å². The Bertz CT molecular complexity index is 626. The molecule has 0 aliphatic heterocycles. The van der Waals surface area contributed by atoms with Crippen LogP contribution in [0.25, 0.3) is 0 Å². The van der Waals surface area contributed by atoms with Crippen LogP contribution in [0.15, 0.2) is 46.9 Å². The highest BCUT2D eigenvalue weighted by molar-refractivity contribution is 14.1. The number of halogens is 5. The molecule has 0 spiro atoms. The van der Waals surface area contributed by atoms with Crippen LogP contribution in [0.5, 0.6) is 0 Å². The second-order valence-electron chi connectivity index (χ2n) is 4.61. The predicted molar refractivity (Wildman–Crippen MR) is 90.3 cm³/mol. The standard InChI is InChI=1S/C15H12BrF3IN/c1-9(10-2-5-12(20)6-3-10)21-14-8-11(15(17,18)19)4-7-13(14)16/h2-9,21H,1H3. The second-order valence-corrected chi connectivity index (χ2v) is 6.71. The van der Waals surface area contributed by atoms with Gasteiger partial charge in [0.1, 0.15) is 0 Å². The van der Waals surface area contributed by atoms with Crippen molar-refractivity contribution in [2.24, 2.45) is 0 Å². The van der Waals surface area contributed by atoms with E-state index in [-0.39, 0.29) is 6.04 Å². The maximum absolute atomic E-state index is 12.8. The van der Waals surface area contributed by atoms with Gasteiger partial charge in [-0.2, -0.15) is 13.2 Å². The number of hydrogen-bond donors (Lipinski definition) is 1. The maximum atomic E-state index is 12.8. The molecular formula is C15H12BrF3IN. The molecule has 0 radical (unpaired) electrons. The van der Waals surface area contributed by atoms with Gasteiger partial charge in [0.25, 0.3) is 0 Å². The zero-order valence-corrected chi connectivity index (χ0v) is 14.8. The van der Waals surface area contributed by atoms with Crippen molar-refractivity contribution in [1.82, 2.24) is 0 Å². The van der Waals surface area contributed by atoms with Crippen LogP contribution >= 0.6 is 38.5 Å². The first kappa shape index (κ1) is 16.6. The molecule has 1 atom stereocenters. The van der Waals surface area contributed by atoms with Crippen molar-refractivity contribution in [3.63, 3.8) is 0 Å². The lowest BCUT2D eigenvalue weighted by atomic mass is 10.1. The van der Waals surface area contributed by atoms with Crippen LogP contribution in [-0.4, -0.2) is 0 Å². The molecule has 0 aliphatic rings. The number of benzene rings is 2. The number of alkyl halides is 3. The van der Waals surface area contributed by atoms with Crippen LogP contribution in [0.3, 0.4) is 0 Å². The van der Waals surface area contributed by atoms with E-state index in [9.17, 15) is 13.2 Å². The summed E-state index contributed by atoms with van der Waals surface area (Å²) >= 11 is 5.49. The molecule has 0 heterocycles. The van der Waals surface area contributed by atoms with E-state index in [1.807, 2.05) is 31.2 Å². The van der Waals surface area contributed by atoms with E-state index in [1.165, 1.54) is 6.07 Å². The molecule has 0 fully saturated rings. The Hall–Kier alpha value is -0.760. The fourth-order valence-electron chi connectivity index (χ4n) is 1.88. The lowest BCUT2D eigenvalue weighted by Gasteiger charge is -2.18. The van der Waals surface area contributed by atoms with E-state index in [1.54, 1.807) is 0 Å².